The molecule has 0 spiro atoms. The van der Waals surface area contributed by atoms with Gasteiger partial charge in [0.15, 0.2) is 0 Å². The molecule has 0 aliphatic heterocycles. The Kier molecular flexibility index (Phi) is 5.07. The zero-order valence-electron chi connectivity index (χ0n) is 13.3. The number of hydrogen-bond acceptors (Lipinski definition) is 4. The van der Waals surface area contributed by atoms with E-state index in [2.05, 4.69) is 31.2 Å². The van der Waals surface area contributed by atoms with Crippen LogP contribution in [0.2, 0.25) is 0 Å². The molecule has 2 rings (SSSR count). The first-order valence-electron chi connectivity index (χ1n) is 7.51. The van der Waals surface area contributed by atoms with Crippen molar-refractivity contribution in [1.29, 1.82) is 0 Å². The highest BCUT2D eigenvalue weighted by Gasteiger charge is 2.14. The molecule has 0 bridgehead atoms. The summed E-state index contributed by atoms with van der Waals surface area (Å²) in [5.41, 5.74) is 1.86. The minimum Gasteiger partial charge on any atom is -0.469 e. The van der Waals surface area contributed by atoms with Crippen LogP contribution in [0.15, 0.2) is 22.8 Å². The number of anilines is 1. The highest BCUT2D eigenvalue weighted by atomic mass is 16.3. The molecule has 2 N–H and O–H groups in total. The lowest BCUT2D eigenvalue weighted by Crippen LogP contribution is -2.20. The molecule has 0 saturated heterocycles. The average Bonchev–Trinajstić information content (AvgIpc) is 2.96. The average molecular weight is 291 g/mol. The van der Waals surface area contributed by atoms with Crippen molar-refractivity contribution in [1.82, 2.24) is 9.78 Å². The number of nitrogens with one attached hydrogen (secondary N) is 1. The first kappa shape index (κ1) is 15.6. The van der Waals surface area contributed by atoms with Crippen LogP contribution in [-0.4, -0.2) is 27.5 Å². The molecule has 2 aromatic rings. The van der Waals surface area contributed by atoms with Gasteiger partial charge in [0.05, 0.1) is 25.1 Å². The Morgan fingerprint density at radius 2 is 2.14 bits per heavy atom. The van der Waals surface area contributed by atoms with Crippen molar-refractivity contribution < 1.29 is 9.52 Å². The second-order valence-electron chi connectivity index (χ2n) is 5.93. The molecular formula is C16H25N3O2. The summed E-state index contributed by atoms with van der Waals surface area (Å²) in [5.74, 6) is 2.43. The van der Waals surface area contributed by atoms with Crippen molar-refractivity contribution in [3.8, 4) is 11.3 Å². The van der Waals surface area contributed by atoms with Crippen LogP contribution in [0.1, 0.15) is 33.0 Å². The van der Waals surface area contributed by atoms with Crippen LogP contribution in [0.3, 0.4) is 0 Å². The zero-order valence-corrected chi connectivity index (χ0v) is 13.3. The quantitative estimate of drug-likeness (QED) is 0.821. The molecule has 0 amide bonds. The molecule has 2 aromatic heterocycles. The Morgan fingerprint density at radius 3 is 2.71 bits per heavy atom. The lowest BCUT2D eigenvalue weighted by atomic mass is 10.1. The van der Waals surface area contributed by atoms with Crippen LogP contribution < -0.4 is 5.32 Å². The third-order valence-electron chi connectivity index (χ3n) is 3.45. The second-order valence-corrected chi connectivity index (χ2v) is 5.93. The smallest absolute Gasteiger partial charge is 0.125 e. The SMILES string of the molecule is Cc1occc1-c1cc(NC(C)CC(C)C)n(CCO)n1. The van der Waals surface area contributed by atoms with E-state index in [0.29, 0.717) is 18.5 Å². The Morgan fingerprint density at radius 1 is 1.38 bits per heavy atom. The highest BCUT2D eigenvalue weighted by molar-refractivity contribution is 5.64. The summed E-state index contributed by atoms with van der Waals surface area (Å²) in [4.78, 5) is 0. The fourth-order valence-electron chi connectivity index (χ4n) is 2.60. The topological polar surface area (TPSA) is 63.2 Å². The summed E-state index contributed by atoms with van der Waals surface area (Å²) in [7, 11) is 0. The van der Waals surface area contributed by atoms with Crippen molar-refractivity contribution >= 4 is 5.82 Å². The largest absolute Gasteiger partial charge is 0.469 e. The van der Waals surface area contributed by atoms with E-state index >= 15 is 0 Å². The summed E-state index contributed by atoms with van der Waals surface area (Å²) in [6.07, 6.45) is 2.76. The van der Waals surface area contributed by atoms with Crippen molar-refractivity contribution in [3.05, 3.63) is 24.2 Å². The molecule has 1 atom stereocenters. The second kappa shape index (κ2) is 6.80. The summed E-state index contributed by atoms with van der Waals surface area (Å²) < 4.78 is 7.16. The maximum absolute atomic E-state index is 9.21. The van der Waals surface area contributed by atoms with E-state index in [-0.39, 0.29) is 6.61 Å². The summed E-state index contributed by atoms with van der Waals surface area (Å²) >= 11 is 0. The number of aromatic nitrogens is 2. The van der Waals surface area contributed by atoms with Gasteiger partial charge in [-0.15, -0.1) is 0 Å². The van der Waals surface area contributed by atoms with E-state index in [1.165, 1.54) is 0 Å². The van der Waals surface area contributed by atoms with Crippen LogP contribution in [0.25, 0.3) is 11.3 Å². The van der Waals surface area contributed by atoms with Crippen molar-refractivity contribution in [3.63, 3.8) is 0 Å². The van der Waals surface area contributed by atoms with Gasteiger partial charge in [0.2, 0.25) is 0 Å². The maximum atomic E-state index is 9.21. The minimum atomic E-state index is 0.0682. The molecule has 116 valence electrons. The van der Waals surface area contributed by atoms with Gasteiger partial charge in [-0.05, 0) is 32.3 Å². The Labute approximate surface area is 126 Å². The van der Waals surface area contributed by atoms with Crippen molar-refractivity contribution in [2.24, 2.45) is 5.92 Å². The summed E-state index contributed by atoms with van der Waals surface area (Å²) in [6, 6.07) is 4.30. The number of nitrogens with zero attached hydrogens (tertiary/aromatic N) is 2. The van der Waals surface area contributed by atoms with Crippen molar-refractivity contribution in [2.75, 3.05) is 11.9 Å². The monoisotopic (exact) mass is 291 g/mol. The third kappa shape index (κ3) is 3.88. The van der Waals surface area contributed by atoms with E-state index in [1.54, 1.807) is 6.26 Å². The normalized spacial score (nSPS) is 12.9. The van der Waals surface area contributed by atoms with Crippen LogP contribution in [0.5, 0.6) is 0 Å². The molecule has 1 unspecified atom stereocenters. The molecule has 5 heteroatoms. The van der Waals surface area contributed by atoms with Gasteiger partial charge in [-0.1, -0.05) is 13.8 Å². The number of rotatable bonds is 7. The lowest BCUT2D eigenvalue weighted by Gasteiger charge is -2.17. The molecule has 2 heterocycles. The third-order valence-corrected chi connectivity index (χ3v) is 3.45. The number of hydrogen-bond donors (Lipinski definition) is 2. The van der Waals surface area contributed by atoms with Crippen LogP contribution in [0, 0.1) is 12.8 Å². The standard InChI is InChI=1S/C16H25N3O2/c1-11(2)9-12(3)17-16-10-15(18-19(16)6-7-20)14-5-8-21-13(14)4/h5,8,10-12,17,20H,6-7,9H2,1-4H3. The molecule has 5 nitrogen and oxygen atoms in total. The van der Waals surface area contributed by atoms with Crippen molar-refractivity contribution in [2.45, 2.75) is 46.7 Å². The fourth-order valence-corrected chi connectivity index (χ4v) is 2.60. The number of aryl methyl sites for hydroxylation is 1. The molecule has 0 aliphatic rings. The Bertz CT molecular complexity index is 572. The minimum absolute atomic E-state index is 0.0682. The molecule has 0 aliphatic carbocycles. The molecule has 0 aromatic carbocycles. The molecule has 0 saturated carbocycles. The maximum Gasteiger partial charge on any atom is 0.125 e. The molecule has 21 heavy (non-hydrogen) atoms. The van der Waals surface area contributed by atoms with Gasteiger partial charge >= 0.3 is 0 Å². The summed E-state index contributed by atoms with van der Waals surface area (Å²) in [6.45, 7) is 9.06. The lowest BCUT2D eigenvalue weighted by molar-refractivity contribution is 0.270. The Hall–Kier alpha value is -1.75. The predicted molar refractivity (Wildman–Crippen MR) is 84.3 cm³/mol. The first-order chi connectivity index (χ1) is 10.0. The van der Waals surface area contributed by atoms with Crippen LogP contribution in [-0.2, 0) is 6.54 Å². The zero-order chi connectivity index (χ0) is 15.4. The van der Waals surface area contributed by atoms with Gasteiger partial charge in [-0.3, -0.25) is 0 Å². The van der Waals surface area contributed by atoms with E-state index in [1.807, 2.05) is 23.7 Å². The predicted octanol–water partition coefficient (Wildman–Crippen LogP) is 3.29. The van der Waals surface area contributed by atoms with E-state index in [9.17, 15) is 5.11 Å². The van der Waals surface area contributed by atoms with Gasteiger partial charge in [-0.2, -0.15) is 5.10 Å². The molecule has 0 radical (unpaired) electrons. The van der Waals surface area contributed by atoms with Crippen LogP contribution >= 0.6 is 0 Å². The number of aliphatic hydroxyl groups excluding tert-OH is 1. The van der Waals surface area contributed by atoms with Gasteiger partial charge in [0, 0.05) is 17.7 Å². The number of aliphatic hydroxyl groups is 1. The van der Waals surface area contributed by atoms with Gasteiger partial charge in [0.25, 0.3) is 0 Å². The number of furan rings is 1. The fraction of sp³-hybridized carbons (Fsp3) is 0.562. The van der Waals surface area contributed by atoms with Gasteiger partial charge in [0.1, 0.15) is 11.6 Å². The van der Waals surface area contributed by atoms with Gasteiger partial charge in [-0.25, -0.2) is 4.68 Å². The molecule has 0 fully saturated rings. The van der Waals surface area contributed by atoms with Gasteiger partial charge < -0.3 is 14.8 Å². The molecular weight excluding hydrogens is 266 g/mol. The van der Waals surface area contributed by atoms with E-state index in [0.717, 1.165) is 29.3 Å². The van der Waals surface area contributed by atoms with Crippen LogP contribution in [0.4, 0.5) is 5.82 Å². The van der Waals surface area contributed by atoms with E-state index in [4.69, 9.17) is 4.42 Å². The van der Waals surface area contributed by atoms with E-state index < -0.39 is 0 Å². The highest BCUT2D eigenvalue weighted by Crippen LogP contribution is 2.26. The Balaban J connectivity index is 2.23. The summed E-state index contributed by atoms with van der Waals surface area (Å²) in [5, 5.41) is 17.3. The first-order valence-corrected chi connectivity index (χ1v) is 7.51.